The predicted octanol–water partition coefficient (Wildman–Crippen LogP) is 4.58. The molecule has 2 aliphatic heterocycles. The Morgan fingerprint density at radius 3 is 2.46 bits per heavy atom. The fourth-order valence-electron chi connectivity index (χ4n) is 7.89. The van der Waals surface area contributed by atoms with Crippen LogP contribution in [0.1, 0.15) is 76.8 Å². The van der Waals surface area contributed by atoms with E-state index in [1.54, 1.807) is 40.0 Å². The third-order valence-electron chi connectivity index (χ3n) is 10.3. The van der Waals surface area contributed by atoms with Crippen molar-refractivity contribution in [3.8, 4) is 0 Å². The molecule has 0 radical (unpaired) electrons. The summed E-state index contributed by atoms with van der Waals surface area (Å²) in [4.78, 5) is 74.4. The Labute approximate surface area is 302 Å². The van der Waals surface area contributed by atoms with Crippen LogP contribution in [0.3, 0.4) is 0 Å². The maximum atomic E-state index is 14.8. The molecule has 3 aromatic rings. The van der Waals surface area contributed by atoms with Gasteiger partial charge >= 0.3 is 12.1 Å². The first-order valence-electron chi connectivity index (χ1n) is 18.1. The Kier molecular flexibility index (Phi) is 11.0. The highest BCUT2D eigenvalue weighted by Crippen LogP contribution is 2.43. The number of hydrogen-bond acceptors (Lipinski definition) is 8. The third kappa shape index (κ3) is 8.14. The zero-order valence-electron chi connectivity index (χ0n) is 30.2. The van der Waals surface area contributed by atoms with Crippen LogP contribution in [-0.4, -0.2) is 93.8 Å². The molecule has 5 atom stereocenters. The quantitative estimate of drug-likeness (QED) is 0.258. The number of H-pyrrole nitrogens is 1. The number of esters is 1. The highest BCUT2D eigenvalue weighted by atomic mass is 19.1. The van der Waals surface area contributed by atoms with Gasteiger partial charge in [0.2, 0.25) is 11.8 Å². The molecular weight excluding hydrogens is 669 g/mol. The molecule has 2 saturated heterocycles. The zero-order valence-corrected chi connectivity index (χ0v) is 30.2. The molecule has 1 aliphatic carbocycles. The third-order valence-corrected chi connectivity index (χ3v) is 10.3. The van der Waals surface area contributed by atoms with Crippen LogP contribution in [0.15, 0.2) is 54.7 Å². The minimum Gasteiger partial charge on any atom is -0.459 e. The molecule has 12 nitrogen and oxygen atoms in total. The van der Waals surface area contributed by atoms with E-state index in [9.17, 15) is 28.4 Å². The number of ether oxygens (including phenoxy) is 2. The van der Waals surface area contributed by atoms with Gasteiger partial charge in [0.15, 0.2) is 5.78 Å². The largest absolute Gasteiger partial charge is 0.459 e. The lowest BCUT2D eigenvalue weighted by Crippen LogP contribution is -2.57. The summed E-state index contributed by atoms with van der Waals surface area (Å²) in [7, 11) is 0. The number of carbonyl (C=O) groups is 5. The molecule has 3 N–H and O–H groups in total. The van der Waals surface area contributed by atoms with Gasteiger partial charge in [-0.1, -0.05) is 49.6 Å². The van der Waals surface area contributed by atoms with Crippen LogP contribution >= 0.6 is 0 Å². The van der Waals surface area contributed by atoms with Crippen LogP contribution in [0.4, 0.5) is 9.18 Å². The highest BCUT2D eigenvalue weighted by molar-refractivity contribution is 6.00. The second-order valence-electron chi connectivity index (χ2n) is 15.2. The summed E-state index contributed by atoms with van der Waals surface area (Å²) in [5, 5.41) is 6.60. The first-order chi connectivity index (χ1) is 24.8. The number of nitrogens with zero attached hydrogens (tertiary/aromatic N) is 2. The van der Waals surface area contributed by atoms with E-state index >= 15 is 0 Å². The van der Waals surface area contributed by atoms with E-state index in [0.717, 1.165) is 48.6 Å². The molecule has 3 amide bonds. The van der Waals surface area contributed by atoms with Gasteiger partial charge in [0.25, 0.3) is 0 Å². The van der Waals surface area contributed by atoms with Gasteiger partial charge in [0, 0.05) is 29.6 Å². The Hall–Kier alpha value is -4.78. The molecule has 4 unspecified atom stereocenters. The van der Waals surface area contributed by atoms with Crippen molar-refractivity contribution in [2.75, 3.05) is 19.6 Å². The second-order valence-corrected chi connectivity index (χ2v) is 15.2. The van der Waals surface area contributed by atoms with Crippen LogP contribution in [0.5, 0.6) is 0 Å². The minimum atomic E-state index is -0.972. The first-order valence-corrected chi connectivity index (χ1v) is 18.1. The standard InChI is InChI=1S/C39H48FN5O7/c1-23(41-19-32(47)52-39(2,3)4)36(48)43-33(25-13-9-6-10-14-25)37(49)44-21-31(46)35-34(44)29(28-18-42-30-17-26(40)15-16-27(28)30)20-45(35)38(50)51-22-24-11-7-5-8-12-24/h5,7-8,11-12,15-18,23,25,29,33-35,41-42H,6,9-10,13-14,19-22H2,1-4H3,(H,43,48)/t23?,29-,33?,34?,35?/m1/s1. The van der Waals surface area contributed by atoms with E-state index in [1.807, 2.05) is 30.3 Å². The summed E-state index contributed by atoms with van der Waals surface area (Å²) in [6.45, 7) is 6.56. The van der Waals surface area contributed by atoms with Crippen LogP contribution in [0.2, 0.25) is 0 Å². The topological polar surface area (TPSA) is 150 Å². The molecule has 1 saturated carbocycles. The number of benzene rings is 2. The monoisotopic (exact) mass is 717 g/mol. The molecule has 52 heavy (non-hydrogen) atoms. The summed E-state index contributed by atoms with van der Waals surface area (Å²) in [5.74, 6) is -2.75. The molecule has 0 bridgehead atoms. The van der Waals surface area contributed by atoms with E-state index in [-0.39, 0.29) is 37.9 Å². The van der Waals surface area contributed by atoms with Gasteiger partial charge in [-0.15, -0.1) is 0 Å². The number of fused-ring (bicyclic) bond motifs is 2. The van der Waals surface area contributed by atoms with Gasteiger partial charge < -0.3 is 24.7 Å². The van der Waals surface area contributed by atoms with E-state index in [1.165, 1.54) is 21.9 Å². The number of Topliss-reactive ketones (excluding diaryl/α,β-unsaturated/α-hetero) is 1. The smallest absolute Gasteiger partial charge is 0.410 e. The van der Waals surface area contributed by atoms with E-state index in [2.05, 4.69) is 15.6 Å². The number of halogens is 1. The molecule has 278 valence electrons. The van der Waals surface area contributed by atoms with Crippen LogP contribution in [0, 0.1) is 11.7 Å². The van der Waals surface area contributed by atoms with E-state index < -0.39 is 65.4 Å². The minimum absolute atomic E-state index is 0.0113. The number of likely N-dealkylation sites (tertiary alicyclic amines) is 2. The molecule has 1 aromatic heterocycles. The lowest BCUT2D eigenvalue weighted by atomic mass is 9.82. The van der Waals surface area contributed by atoms with Crippen molar-refractivity contribution in [2.24, 2.45) is 5.92 Å². The average Bonchev–Trinajstić information content (AvgIpc) is 3.81. The lowest BCUT2D eigenvalue weighted by molar-refractivity contribution is -0.153. The second kappa shape index (κ2) is 15.4. The van der Waals surface area contributed by atoms with Crippen molar-refractivity contribution in [3.63, 3.8) is 0 Å². The number of carbonyl (C=O) groups excluding carboxylic acids is 5. The number of rotatable bonds is 10. The zero-order chi connectivity index (χ0) is 37.2. The molecular formula is C39H48FN5O7. The lowest BCUT2D eigenvalue weighted by Gasteiger charge is -2.36. The fraction of sp³-hybridized carbons (Fsp3) is 0.513. The molecule has 3 aliphatic rings. The van der Waals surface area contributed by atoms with Crippen LogP contribution < -0.4 is 10.6 Å². The maximum Gasteiger partial charge on any atom is 0.410 e. The average molecular weight is 718 g/mol. The van der Waals surface area contributed by atoms with E-state index in [4.69, 9.17) is 9.47 Å². The van der Waals surface area contributed by atoms with Gasteiger partial charge in [-0.05, 0) is 75.8 Å². The molecule has 3 fully saturated rings. The summed E-state index contributed by atoms with van der Waals surface area (Å²) >= 11 is 0. The Morgan fingerprint density at radius 1 is 1.02 bits per heavy atom. The predicted molar refractivity (Wildman–Crippen MR) is 190 cm³/mol. The highest BCUT2D eigenvalue weighted by Gasteiger charge is 2.58. The van der Waals surface area contributed by atoms with Gasteiger partial charge in [-0.25, -0.2) is 9.18 Å². The number of aromatic amines is 1. The molecule has 0 spiro atoms. The molecule has 6 rings (SSSR count). The molecule has 3 heterocycles. The maximum absolute atomic E-state index is 14.8. The Bertz CT molecular complexity index is 1800. The fourth-order valence-corrected chi connectivity index (χ4v) is 7.89. The normalized spacial score (nSPS) is 21.9. The molecule has 2 aromatic carbocycles. The van der Waals surface area contributed by atoms with Crippen molar-refractivity contribution >= 4 is 40.6 Å². The van der Waals surface area contributed by atoms with Gasteiger partial charge in [-0.2, -0.15) is 0 Å². The number of ketones is 1. The van der Waals surface area contributed by atoms with Crippen molar-refractivity contribution < 1.29 is 37.8 Å². The van der Waals surface area contributed by atoms with Gasteiger partial charge in [0.05, 0.1) is 25.2 Å². The van der Waals surface area contributed by atoms with E-state index in [0.29, 0.717) is 5.52 Å². The summed E-state index contributed by atoms with van der Waals surface area (Å²) < 4.78 is 25.2. The van der Waals surface area contributed by atoms with Crippen molar-refractivity contribution in [1.29, 1.82) is 0 Å². The van der Waals surface area contributed by atoms with Crippen LogP contribution in [0.25, 0.3) is 10.9 Å². The Balaban J connectivity index is 1.27. The van der Waals surface area contributed by atoms with Gasteiger partial charge in [0.1, 0.15) is 30.1 Å². The first kappa shape index (κ1) is 37.0. The van der Waals surface area contributed by atoms with Crippen molar-refractivity contribution in [1.82, 2.24) is 25.4 Å². The SMILES string of the molecule is CC(NCC(=O)OC(C)(C)C)C(=O)NC(C(=O)N1CC(=O)C2C1[C@@H](c1c[nH]c3cc(F)ccc13)CN2C(=O)OCc1ccccc1)C1CCCCC1. The summed E-state index contributed by atoms with van der Waals surface area (Å²) in [6.07, 6.45) is 5.35. The van der Waals surface area contributed by atoms with Crippen molar-refractivity contribution in [2.45, 2.75) is 102 Å². The van der Waals surface area contributed by atoms with Crippen LogP contribution in [-0.2, 0) is 35.3 Å². The summed E-state index contributed by atoms with van der Waals surface area (Å²) in [6, 6.07) is 10.1. The van der Waals surface area contributed by atoms with Crippen molar-refractivity contribution in [3.05, 3.63) is 71.7 Å². The molecule has 13 heteroatoms. The summed E-state index contributed by atoms with van der Waals surface area (Å²) in [5.41, 5.74) is 1.41. The number of amides is 3. The Morgan fingerprint density at radius 2 is 1.75 bits per heavy atom. The number of aromatic nitrogens is 1. The number of nitrogens with one attached hydrogen (secondary N) is 3. The number of hydrogen-bond donors (Lipinski definition) is 3. The van der Waals surface area contributed by atoms with Gasteiger partial charge in [-0.3, -0.25) is 29.4 Å².